The minimum atomic E-state index is -1.02. The predicted octanol–water partition coefficient (Wildman–Crippen LogP) is 0.629. The van der Waals surface area contributed by atoms with Gasteiger partial charge in [0.05, 0.1) is 12.4 Å². The minimum Gasteiger partial charge on any atom is -0.480 e. The number of amides is 1. The van der Waals surface area contributed by atoms with E-state index < -0.39 is 12.0 Å². The molecular formula is C14H20N6O3. The summed E-state index contributed by atoms with van der Waals surface area (Å²) < 4.78 is 1.33. The summed E-state index contributed by atoms with van der Waals surface area (Å²) in [6.07, 6.45) is 3.60. The summed E-state index contributed by atoms with van der Waals surface area (Å²) >= 11 is 0. The van der Waals surface area contributed by atoms with Gasteiger partial charge in [-0.2, -0.15) is 5.10 Å². The van der Waals surface area contributed by atoms with Crippen LogP contribution in [0.1, 0.15) is 50.1 Å². The average molecular weight is 320 g/mol. The zero-order chi connectivity index (χ0) is 17.0. The number of aromatic amines is 1. The molecule has 0 aliphatic heterocycles. The summed E-state index contributed by atoms with van der Waals surface area (Å²) in [5.41, 5.74) is 0.805. The summed E-state index contributed by atoms with van der Waals surface area (Å²) in [7, 11) is 0. The summed E-state index contributed by atoms with van der Waals surface area (Å²) in [6, 6.07) is -0.493. The van der Waals surface area contributed by atoms with Crippen molar-refractivity contribution in [2.75, 3.05) is 0 Å². The summed E-state index contributed by atoms with van der Waals surface area (Å²) in [5, 5.41) is 16.1. The van der Waals surface area contributed by atoms with E-state index in [2.05, 4.69) is 25.4 Å². The van der Waals surface area contributed by atoms with Gasteiger partial charge in [0, 0.05) is 31.2 Å². The molecule has 1 amide bonds. The molecule has 0 fully saturated rings. The van der Waals surface area contributed by atoms with Crippen molar-refractivity contribution in [1.82, 2.24) is 30.0 Å². The zero-order valence-electron chi connectivity index (χ0n) is 13.3. The third-order valence-corrected chi connectivity index (χ3v) is 3.19. The van der Waals surface area contributed by atoms with Gasteiger partial charge in [0.25, 0.3) is 0 Å². The number of carboxylic acids is 1. The van der Waals surface area contributed by atoms with E-state index in [1.54, 1.807) is 12.5 Å². The van der Waals surface area contributed by atoms with Crippen LogP contribution in [-0.2, 0) is 22.6 Å². The molecule has 2 rings (SSSR count). The first-order valence-electron chi connectivity index (χ1n) is 7.27. The van der Waals surface area contributed by atoms with Crippen LogP contribution in [0.4, 0.5) is 0 Å². The highest BCUT2D eigenvalue weighted by Gasteiger charge is 2.24. The van der Waals surface area contributed by atoms with Gasteiger partial charge in [-0.1, -0.05) is 13.8 Å². The van der Waals surface area contributed by atoms with Gasteiger partial charge in [-0.05, 0) is 0 Å². The molecule has 0 aliphatic rings. The summed E-state index contributed by atoms with van der Waals surface area (Å²) in [4.78, 5) is 33.9. The molecule has 3 N–H and O–H groups in total. The maximum absolute atomic E-state index is 11.5. The van der Waals surface area contributed by atoms with E-state index in [-0.39, 0.29) is 18.4 Å². The molecule has 0 radical (unpaired) electrons. The molecule has 124 valence electrons. The second-order valence-electron chi connectivity index (χ2n) is 5.57. The Bertz CT molecular complexity index is 677. The maximum Gasteiger partial charge on any atom is 0.325 e. The SMILES string of the molecule is CC(=O)N[C@@H](Cc1cnc[nH]1)c1nc(C(C)C)nn1CC(=O)O. The van der Waals surface area contributed by atoms with E-state index in [0.29, 0.717) is 18.1 Å². The zero-order valence-corrected chi connectivity index (χ0v) is 13.3. The van der Waals surface area contributed by atoms with Crippen molar-refractivity contribution in [2.24, 2.45) is 0 Å². The number of aliphatic carboxylic acids is 1. The number of hydrogen-bond acceptors (Lipinski definition) is 5. The van der Waals surface area contributed by atoms with Crippen LogP contribution in [0, 0.1) is 0 Å². The van der Waals surface area contributed by atoms with Gasteiger partial charge in [-0.15, -0.1) is 0 Å². The van der Waals surface area contributed by atoms with Gasteiger partial charge in [-0.25, -0.2) is 14.6 Å². The largest absolute Gasteiger partial charge is 0.480 e. The smallest absolute Gasteiger partial charge is 0.325 e. The van der Waals surface area contributed by atoms with Gasteiger partial charge in [0.1, 0.15) is 6.54 Å². The lowest BCUT2D eigenvalue weighted by Crippen LogP contribution is -2.31. The lowest BCUT2D eigenvalue weighted by atomic mass is 10.1. The average Bonchev–Trinajstić information content (AvgIpc) is 3.06. The van der Waals surface area contributed by atoms with Gasteiger partial charge in [0.15, 0.2) is 11.6 Å². The fourth-order valence-electron chi connectivity index (χ4n) is 2.19. The van der Waals surface area contributed by atoms with Crippen molar-refractivity contribution in [3.8, 4) is 0 Å². The first kappa shape index (κ1) is 16.7. The predicted molar refractivity (Wildman–Crippen MR) is 80.6 cm³/mol. The van der Waals surface area contributed by atoms with Crippen molar-refractivity contribution < 1.29 is 14.7 Å². The molecule has 0 bridgehead atoms. The first-order chi connectivity index (χ1) is 10.9. The molecule has 0 saturated heterocycles. The molecule has 23 heavy (non-hydrogen) atoms. The fourth-order valence-corrected chi connectivity index (χ4v) is 2.19. The van der Waals surface area contributed by atoms with Crippen LogP contribution in [-0.4, -0.2) is 41.7 Å². The van der Waals surface area contributed by atoms with Crippen LogP contribution >= 0.6 is 0 Å². The molecule has 9 nitrogen and oxygen atoms in total. The Labute approximate surface area is 133 Å². The summed E-state index contributed by atoms with van der Waals surface area (Å²) in [5.74, 6) is -0.240. The molecular weight excluding hydrogens is 300 g/mol. The van der Waals surface area contributed by atoms with Gasteiger partial charge < -0.3 is 15.4 Å². The summed E-state index contributed by atoms with van der Waals surface area (Å²) in [6.45, 7) is 4.94. The highest BCUT2D eigenvalue weighted by molar-refractivity contribution is 5.73. The standard InChI is InChI=1S/C14H20N6O3/c1-8(2)13-18-14(20(19-13)6-12(22)23)11(17-9(3)21)4-10-5-15-7-16-10/h5,7-8,11H,4,6H2,1-3H3,(H,15,16)(H,17,21)(H,22,23)/t11-/m0/s1. The van der Waals surface area contributed by atoms with Crippen LogP contribution < -0.4 is 5.32 Å². The Hall–Kier alpha value is -2.71. The Morgan fingerprint density at radius 1 is 1.43 bits per heavy atom. The van der Waals surface area contributed by atoms with Crippen molar-refractivity contribution in [1.29, 1.82) is 0 Å². The molecule has 1 atom stereocenters. The number of hydrogen-bond donors (Lipinski definition) is 3. The van der Waals surface area contributed by atoms with E-state index in [1.165, 1.54) is 11.6 Å². The Kier molecular flexibility index (Phi) is 5.09. The molecule has 0 aliphatic carbocycles. The molecule has 2 heterocycles. The van der Waals surface area contributed by atoms with Crippen LogP contribution in [0.25, 0.3) is 0 Å². The van der Waals surface area contributed by atoms with E-state index in [1.807, 2.05) is 13.8 Å². The van der Waals surface area contributed by atoms with E-state index >= 15 is 0 Å². The molecule has 0 saturated carbocycles. The van der Waals surface area contributed by atoms with Gasteiger partial charge in [0.2, 0.25) is 5.91 Å². The van der Waals surface area contributed by atoms with Crippen molar-refractivity contribution in [2.45, 2.75) is 45.7 Å². The lowest BCUT2D eigenvalue weighted by Gasteiger charge is -2.16. The third kappa shape index (κ3) is 4.38. The van der Waals surface area contributed by atoms with Crippen LogP contribution in [0.5, 0.6) is 0 Å². The molecule has 2 aromatic heterocycles. The van der Waals surface area contributed by atoms with Crippen LogP contribution in [0.3, 0.4) is 0 Å². The quantitative estimate of drug-likeness (QED) is 0.687. The number of nitrogens with one attached hydrogen (secondary N) is 2. The molecule has 0 unspecified atom stereocenters. The second kappa shape index (κ2) is 7.03. The lowest BCUT2D eigenvalue weighted by molar-refractivity contribution is -0.138. The number of nitrogens with zero attached hydrogens (tertiary/aromatic N) is 4. The number of aromatic nitrogens is 5. The van der Waals surface area contributed by atoms with Crippen LogP contribution in [0.15, 0.2) is 12.5 Å². The molecule has 0 aromatic carbocycles. The Morgan fingerprint density at radius 2 is 2.17 bits per heavy atom. The number of H-pyrrole nitrogens is 1. The fraction of sp³-hybridized carbons (Fsp3) is 0.500. The normalized spacial score (nSPS) is 12.3. The highest BCUT2D eigenvalue weighted by atomic mass is 16.4. The number of imidazole rings is 1. The van der Waals surface area contributed by atoms with Gasteiger partial charge in [-0.3, -0.25) is 9.59 Å². The highest BCUT2D eigenvalue weighted by Crippen LogP contribution is 2.19. The monoisotopic (exact) mass is 320 g/mol. The topological polar surface area (TPSA) is 126 Å². The van der Waals surface area contributed by atoms with Crippen molar-refractivity contribution in [3.05, 3.63) is 29.9 Å². The van der Waals surface area contributed by atoms with E-state index in [0.717, 1.165) is 5.69 Å². The van der Waals surface area contributed by atoms with Crippen molar-refractivity contribution >= 4 is 11.9 Å². The van der Waals surface area contributed by atoms with E-state index in [4.69, 9.17) is 5.11 Å². The van der Waals surface area contributed by atoms with Gasteiger partial charge >= 0.3 is 5.97 Å². The number of carboxylic acid groups (broad SMARTS) is 1. The molecule has 9 heteroatoms. The third-order valence-electron chi connectivity index (χ3n) is 3.19. The van der Waals surface area contributed by atoms with E-state index in [9.17, 15) is 9.59 Å². The molecule has 0 spiro atoms. The number of carbonyl (C=O) groups is 2. The van der Waals surface area contributed by atoms with Crippen LogP contribution in [0.2, 0.25) is 0 Å². The van der Waals surface area contributed by atoms with Crippen molar-refractivity contribution in [3.63, 3.8) is 0 Å². The maximum atomic E-state index is 11.5. The Balaban J connectivity index is 2.38. The number of carbonyl (C=O) groups excluding carboxylic acids is 1. The first-order valence-corrected chi connectivity index (χ1v) is 7.27. The Morgan fingerprint density at radius 3 is 2.70 bits per heavy atom. The second-order valence-corrected chi connectivity index (χ2v) is 5.57. The number of rotatable bonds is 7. The minimum absolute atomic E-state index is 0.0499. The molecule has 2 aromatic rings.